The van der Waals surface area contributed by atoms with Crippen LogP contribution < -0.4 is 20.1 Å². The van der Waals surface area contributed by atoms with Crippen molar-refractivity contribution in [3.8, 4) is 11.5 Å². The number of ether oxygens (including phenoxy) is 2. The molecule has 8 nitrogen and oxygen atoms in total. The highest BCUT2D eigenvalue weighted by atomic mass is 16.7. The number of carboxylic acid groups (broad SMARTS) is 1. The molecule has 0 fully saturated rings. The molecule has 0 unspecified atom stereocenters. The second-order valence-corrected chi connectivity index (χ2v) is 5.89. The summed E-state index contributed by atoms with van der Waals surface area (Å²) in [6.45, 7) is 2.04. The van der Waals surface area contributed by atoms with Crippen LogP contribution in [0.15, 0.2) is 48.5 Å². The summed E-state index contributed by atoms with van der Waals surface area (Å²) in [4.78, 5) is 20.2. The van der Waals surface area contributed by atoms with E-state index in [9.17, 15) is 9.90 Å². The van der Waals surface area contributed by atoms with Crippen molar-refractivity contribution in [2.75, 3.05) is 17.4 Å². The van der Waals surface area contributed by atoms with E-state index in [1.165, 1.54) is 6.07 Å². The molecule has 0 aliphatic carbocycles. The quantitative estimate of drug-likeness (QED) is 0.629. The van der Waals surface area contributed by atoms with E-state index >= 15 is 0 Å². The van der Waals surface area contributed by atoms with Gasteiger partial charge < -0.3 is 25.2 Å². The largest absolute Gasteiger partial charge is 0.478 e. The fraction of sp³-hybridized carbons (Fsp3) is 0.105. The predicted octanol–water partition coefficient (Wildman–Crippen LogP) is 3.70. The van der Waals surface area contributed by atoms with Crippen LogP contribution in [-0.4, -0.2) is 27.8 Å². The summed E-state index contributed by atoms with van der Waals surface area (Å²) >= 11 is 0. The van der Waals surface area contributed by atoms with Crippen LogP contribution in [0.3, 0.4) is 0 Å². The Balaban J connectivity index is 1.59. The van der Waals surface area contributed by atoms with Gasteiger partial charge in [0.1, 0.15) is 5.82 Å². The zero-order valence-electron chi connectivity index (χ0n) is 14.4. The average molecular weight is 364 g/mol. The molecule has 0 radical (unpaired) electrons. The molecule has 4 rings (SSSR count). The molecule has 1 aliphatic rings. The molecule has 2 heterocycles. The number of hydrogen-bond donors (Lipinski definition) is 3. The van der Waals surface area contributed by atoms with Gasteiger partial charge in [-0.1, -0.05) is 12.1 Å². The molecule has 2 aromatic carbocycles. The smallest absolute Gasteiger partial charge is 0.337 e. The molecule has 1 aliphatic heterocycles. The number of carboxylic acids is 1. The highest BCUT2D eigenvalue weighted by molar-refractivity contribution is 5.95. The molecule has 3 aromatic rings. The van der Waals surface area contributed by atoms with Crippen LogP contribution >= 0.6 is 0 Å². The molecule has 8 heteroatoms. The van der Waals surface area contributed by atoms with Crippen molar-refractivity contribution in [1.82, 2.24) is 9.97 Å². The number of aryl methyl sites for hydroxylation is 1. The number of nitrogens with zero attached hydrogens (tertiary/aromatic N) is 2. The van der Waals surface area contributed by atoms with Gasteiger partial charge in [-0.3, -0.25) is 0 Å². The molecule has 0 atom stereocenters. The number of benzene rings is 2. The first kappa shape index (κ1) is 16.6. The van der Waals surface area contributed by atoms with E-state index in [-0.39, 0.29) is 12.4 Å². The lowest BCUT2D eigenvalue weighted by atomic mass is 10.2. The van der Waals surface area contributed by atoms with E-state index in [0.29, 0.717) is 29.0 Å². The molecule has 1 aromatic heterocycles. The Morgan fingerprint density at radius 2 is 1.85 bits per heavy atom. The molecule has 0 saturated heterocycles. The molecule has 3 N–H and O–H groups in total. The zero-order chi connectivity index (χ0) is 18.8. The van der Waals surface area contributed by atoms with Crippen molar-refractivity contribution in [2.24, 2.45) is 0 Å². The molecular weight excluding hydrogens is 348 g/mol. The number of rotatable bonds is 5. The van der Waals surface area contributed by atoms with Gasteiger partial charge in [0.25, 0.3) is 0 Å². The summed E-state index contributed by atoms with van der Waals surface area (Å²) in [6.07, 6.45) is 0. The number of anilines is 4. The van der Waals surface area contributed by atoms with E-state index in [1.54, 1.807) is 30.3 Å². The van der Waals surface area contributed by atoms with Gasteiger partial charge in [-0.2, -0.15) is 4.98 Å². The summed E-state index contributed by atoms with van der Waals surface area (Å²) in [6, 6.07) is 13.8. The Bertz CT molecular complexity index is 1020. The van der Waals surface area contributed by atoms with Crippen LogP contribution in [-0.2, 0) is 0 Å². The Hall–Kier alpha value is -3.81. The minimum atomic E-state index is -1.01. The zero-order valence-corrected chi connectivity index (χ0v) is 14.4. The fourth-order valence-corrected chi connectivity index (χ4v) is 2.71. The van der Waals surface area contributed by atoms with Crippen molar-refractivity contribution in [1.29, 1.82) is 0 Å². The molecular formula is C19H16N4O4. The van der Waals surface area contributed by atoms with Crippen molar-refractivity contribution in [3.05, 3.63) is 59.8 Å². The maximum atomic E-state index is 11.4. The normalized spacial score (nSPS) is 11.9. The van der Waals surface area contributed by atoms with Crippen LogP contribution in [0.2, 0.25) is 0 Å². The number of aromatic nitrogens is 2. The topological polar surface area (TPSA) is 106 Å². The lowest BCUT2D eigenvalue weighted by Crippen LogP contribution is -2.05. The standard InChI is InChI=1S/C19H16N4O4/c1-11-8-17(22-14-5-3-2-4-13(14)18(24)25)23-19(20-11)21-12-6-7-15-16(9-12)27-10-26-15/h2-9H,10H2,1H3,(H,24,25)(H2,20,21,22,23). The van der Waals surface area contributed by atoms with Crippen molar-refractivity contribution >= 4 is 29.1 Å². The third kappa shape index (κ3) is 3.59. The van der Waals surface area contributed by atoms with Gasteiger partial charge in [0.05, 0.1) is 11.3 Å². The number of carbonyl (C=O) groups is 1. The van der Waals surface area contributed by atoms with Gasteiger partial charge >= 0.3 is 5.97 Å². The number of nitrogens with one attached hydrogen (secondary N) is 2. The Morgan fingerprint density at radius 1 is 1.04 bits per heavy atom. The summed E-state index contributed by atoms with van der Waals surface area (Å²) in [5, 5.41) is 15.5. The summed E-state index contributed by atoms with van der Waals surface area (Å²) < 4.78 is 10.7. The summed E-state index contributed by atoms with van der Waals surface area (Å²) in [7, 11) is 0. The SMILES string of the molecule is Cc1cc(Nc2ccccc2C(=O)O)nc(Nc2ccc3c(c2)OCO3)n1. The van der Waals surface area contributed by atoms with Crippen LogP contribution in [0.1, 0.15) is 16.1 Å². The maximum Gasteiger partial charge on any atom is 0.337 e. The molecule has 0 saturated carbocycles. The fourth-order valence-electron chi connectivity index (χ4n) is 2.71. The first-order valence-corrected chi connectivity index (χ1v) is 8.20. The van der Waals surface area contributed by atoms with Crippen molar-refractivity contribution in [3.63, 3.8) is 0 Å². The van der Waals surface area contributed by atoms with Gasteiger partial charge in [-0.05, 0) is 31.2 Å². The average Bonchev–Trinajstić information content (AvgIpc) is 3.09. The van der Waals surface area contributed by atoms with E-state index in [0.717, 1.165) is 11.4 Å². The van der Waals surface area contributed by atoms with Crippen LogP contribution in [0.4, 0.5) is 23.1 Å². The van der Waals surface area contributed by atoms with Gasteiger partial charge in [-0.15, -0.1) is 0 Å². The number of aromatic carboxylic acids is 1. The van der Waals surface area contributed by atoms with Crippen LogP contribution in [0.25, 0.3) is 0 Å². The van der Waals surface area contributed by atoms with Gasteiger partial charge in [-0.25, -0.2) is 9.78 Å². The Morgan fingerprint density at radius 3 is 2.70 bits per heavy atom. The number of hydrogen-bond acceptors (Lipinski definition) is 7. The third-order valence-electron chi connectivity index (χ3n) is 3.90. The second-order valence-electron chi connectivity index (χ2n) is 5.89. The van der Waals surface area contributed by atoms with E-state index < -0.39 is 5.97 Å². The third-order valence-corrected chi connectivity index (χ3v) is 3.90. The first-order chi connectivity index (χ1) is 13.1. The summed E-state index contributed by atoms with van der Waals surface area (Å²) in [5.74, 6) is 1.20. The maximum absolute atomic E-state index is 11.4. The van der Waals surface area contributed by atoms with E-state index in [1.807, 2.05) is 19.1 Å². The van der Waals surface area contributed by atoms with Crippen molar-refractivity contribution in [2.45, 2.75) is 6.92 Å². The second kappa shape index (κ2) is 6.83. The van der Waals surface area contributed by atoms with E-state index in [2.05, 4.69) is 20.6 Å². The first-order valence-electron chi connectivity index (χ1n) is 8.20. The molecule has 0 amide bonds. The minimum Gasteiger partial charge on any atom is -0.478 e. The van der Waals surface area contributed by atoms with Crippen molar-refractivity contribution < 1.29 is 19.4 Å². The Kier molecular flexibility index (Phi) is 4.21. The molecule has 27 heavy (non-hydrogen) atoms. The Labute approximate surface area is 154 Å². The highest BCUT2D eigenvalue weighted by Gasteiger charge is 2.14. The van der Waals surface area contributed by atoms with Crippen LogP contribution in [0.5, 0.6) is 11.5 Å². The van der Waals surface area contributed by atoms with E-state index in [4.69, 9.17) is 9.47 Å². The highest BCUT2D eigenvalue weighted by Crippen LogP contribution is 2.35. The lowest BCUT2D eigenvalue weighted by molar-refractivity contribution is 0.0698. The lowest BCUT2D eigenvalue weighted by Gasteiger charge is -2.12. The van der Waals surface area contributed by atoms with Gasteiger partial charge in [0.2, 0.25) is 12.7 Å². The number of para-hydroxylation sites is 1. The van der Waals surface area contributed by atoms with Gasteiger partial charge in [0.15, 0.2) is 11.5 Å². The van der Waals surface area contributed by atoms with Crippen LogP contribution in [0, 0.1) is 6.92 Å². The summed E-state index contributed by atoms with van der Waals surface area (Å²) in [5.41, 5.74) is 2.10. The molecule has 0 bridgehead atoms. The van der Waals surface area contributed by atoms with Gasteiger partial charge in [0, 0.05) is 23.5 Å². The molecule has 136 valence electrons. The monoisotopic (exact) mass is 364 g/mol. The predicted molar refractivity (Wildman–Crippen MR) is 99.3 cm³/mol. The molecule has 0 spiro atoms. The number of fused-ring (bicyclic) bond motifs is 1. The minimum absolute atomic E-state index is 0.166.